The lowest BCUT2D eigenvalue weighted by Crippen LogP contribution is -2.27. The molecular weight excluding hydrogens is 186 g/mol. The molecule has 0 aliphatic rings. The molecule has 0 aliphatic heterocycles. The Labute approximate surface area is 81.8 Å². The highest BCUT2D eigenvalue weighted by atomic mass is 32.1. The Morgan fingerprint density at radius 1 is 1.46 bits per heavy atom. The van der Waals surface area contributed by atoms with E-state index in [1.165, 1.54) is 0 Å². The Morgan fingerprint density at radius 3 is 2.46 bits per heavy atom. The van der Waals surface area contributed by atoms with Crippen LogP contribution in [0.1, 0.15) is 21.4 Å². The number of rotatable bonds is 3. The fourth-order valence-corrected chi connectivity index (χ4v) is 2.25. The lowest BCUT2D eigenvalue weighted by Gasteiger charge is -2.15. The van der Waals surface area contributed by atoms with Gasteiger partial charge in [0.05, 0.1) is 6.10 Å². The molecule has 0 spiro atoms. The van der Waals surface area contributed by atoms with E-state index in [9.17, 15) is 10.2 Å². The fourth-order valence-electron chi connectivity index (χ4n) is 1.28. The summed E-state index contributed by atoms with van der Waals surface area (Å²) in [6, 6.07) is 1.89. The van der Waals surface area contributed by atoms with Gasteiger partial charge in [0.2, 0.25) is 0 Å². The molecule has 0 fully saturated rings. The minimum Gasteiger partial charge on any atom is -0.389 e. The summed E-state index contributed by atoms with van der Waals surface area (Å²) >= 11 is 1.61. The van der Waals surface area contributed by atoms with Crippen molar-refractivity contribution in [3.63, 3.8) is 0 Å². The first kappa shape index (κ1) is 10.7. The van der Waals surface area contributed by atoms with Crippen molar-refractivity contribution >= 4 is 11.3 Å². The number of aryl methyl sites for hydroxylation is 2. The molecule has 13 heavy (non-hydrogen) atoms. The van der Waals surface area contributed by atoms with E-state index in [0.29, 0.717) is 0 Å². The van der Waals surface area contributed by atoms with E-state index >= 15 is 0 Å². The van der Waals surface area contributed by atoms with Crippen molar-refractivity contribution in [3.8, 4) is 0 Å². The Hall–Kier alpha value is -0.420. The van der Waals surface area contributed by atoms with Gasteiger partial charge in [-0.15, -0.1) is 11.3 Å². The maximum Gasteiger partial charge on any atom is 0.107 e. The molecule has 0 radical (unpaired) electrons. The molecule has 3 nitrogen and oxygen atoms in total. The molecule has 0 saturated carbocycles. The van der Waals surface area contributed by atoms with Gasteiger partial charge >= 0.3 is 0 Å². The number of hydrogen-bond acceptors (Lipinski definition) is 4. The van der Waals surface area contributed by atoms with Crippen molar-refractivity contribution < 1.29 is 10.2 Å². The first-order chi connectivity index (χ1) is 6.06. The quantitative estimate of drug-likeness (QED) is 0.675. The standard InChI is InChI=1S/C9H15NO2S/c1-5-3-7(6(2)13-5)9(12)8(11)4-10/h3,8-9,11-12H,4,10H2,1-2H3. The minimum absolute atomic E-state index is 0.0789. The van der Waals surface area contributed by atoms with Gasteiger partial charge in [-0.2, -0.15) is 0 Å². The van der Waals surface area contributed by atoms with Crippen molar-refractivity contribution in [3.05, 3.63) is 21.4 Å². The van der Waals surface area contributed by atoms with Crippen LogP contribution in [-0.4, -0.2) is 22.9 Å². The molecular formula is C9H15NO2S. The van der Waals surface area contributed by atoms with Crippen molar-refractivity contribution in [2.45, 2.75) is 26.1 Å². The summed E-state index contributed by atoms with van der Waals surface area (Å²) in [5, 5.41) is 19.0. The van der Waals surface area contributed by atoms with Gasteiger partial charge in [-0.3, -0.25) is 0 Å². The predicted molar refractivity (Wildman–Crippen MR) is 53.8 cm³/mol. The van der Waals surface area contributed by atoms with E-state index in [4.69, 9.17) is 5.73 Å². The summed E-state index contributed by atoms with van der Waals surface area (Å²) in [4.78, 5) is 2.17. The highest BCUT2D eigenvalue weighted by Gasteiger charge is 2.19. The Balaban J connectivity index is 2.87. The zero-order valence-electron chi connectivity index (χ0n) is 7.82. The molecule has 2 atom stereocenters. The summed E-state index contributed by atoms with van der Waals surface area (Å²) < 4.78 is 0. The van der Waals surface area contributed by atoms with Crippen LogP contribution in [0.5, 0.6) is 0 Å². The van der Waals surface area contributed by atoms with E-state index in [1.807, 2.05) is 19.9 Å². The molecule has 74 valence electrons. The number of aliphatic hydroxyl groups is 2. The number of aliphatic hydroxyl groups excluding tert-OH is 2. The average Bonchev–Trinajstić information content (AvgIpc) is 2.42. The van der Waals surface area contributed by atoms with Crippen LogP contribution in [0, 0.1) is 13.8 Å². The summed E-state index contributed by atoms with van der Waals surface area (Å²) in [6.07, 6.45) is -1.72. The third kappa shape index (κ3) is 2.28. The topological polar surface area (TPSA) is 66.5 Å². The third-order valence-corrected chi connectivity index (χ3v) is 2.99. The molecule has 4 heteroatoms. The summed E-state index contributed by atoms with van der Waals surface area (Å²) in [6.45, 7) is 3.98. The third-order valence-electron chi connectivity index (χ3n) is 2.00. The zero-order chi connectivity index (χ0) is 10.0. The second-order valence-electron chi connectivity index (χ2n) is 3.12. The lowest BCUT2D eigenvalue weighted by atomic mass is 10.1. The molecule has 0 saturated heterocycles. The van der Waals surface area contributed by atoms with Gasteiger partial charge in [-0.1, -0.05) is 0 Å². The number of thiophene rings is 1. The largest absolute Gasteiger partial charge is 0.389 e. The van der Waals surface area contributed by atoms with Crippen LogP contribution in [-0.2, 0) is 0 Å². The Bertz CT molecular complexity index is 285. The van der Waals surface area contributed by atoms with Crippen LogP contribution >= 0.6 is 11.3 Å². The summed E-state index contributed by atoms with van der Waals surface area (Å²) in [7, 11) is 0. The van der Waals surface area contributed by atoms with E-state index in [-0.39, 0.29) is 6.54 Å². The van der Waals surface area contributed by atoms with E-state index < -0.39 is 12.2 Å². The van der Waals surface area contributed by atoms with Gasteiger partial charge < -0.3 is 15.9 Å². The first-order valence-electron chi connectivity index (χ1n) is 4.19. The zero-order valence-corrected chi connectivity index (χ0v) is 8.64. The van der Waals surface area contributed by atoms with Gasteiger partial charge in [0.1, 0.15) is 6.10 Å². The molecule has 0 aliphatic carbocycles. The number of hydrogen-bond donors (Lipinski definition) is 3. The van der Waals surface area contributed by atoms with Gasteiger partial charge in [0, 0.05) is 16.3 Å². The van der Waals surface area contributed by atoms with Gasteiger partial charge in [-0.05, 0) is 25.5 Å². The SMILES string of the molecule is Cc1cc(C(O)C(O)CN)c(C)s1. The van der Waals surface area contributed by atoms with Crippen molar-refractivity contribution in [2.75, 3.05) is 6.54 Å². The predicted octanol–water partition coefficient (Wildman–Crippen LogP) is 0.718. The van der Waals surface area contributed by atoms with Gasteiger partial charge in [0.15, 0.2) is 0 Å². The Kier molecular flexibility index (Phi) is 3.44. The highest BCUT2D eigenvalue weighted by Crippen LogP contribution is 2.27. The van der Waals surface area contributed by atoms with E-state index in [2.05, 4.69) is 0 Å². The molecule has 1 aromatic rings. The van der Waals surface area contributed by atoms with Crippen LogP contribution < -0.4 is 5.73 Å². The second-order valence-corrected chi connectivity index (χ2v) is 4.58. The van der Waals surface area contributed by atoms with Crippen molar-refractivity contribution in [2.24, 2.45) is 5.73 Å². The molecule has 1 heterocycles. The maximum absolute atomic E-state index is 9.66. The van der Waals surface area contributed by atoms with Crippen LogP contribution in [0.4, 0.5) is 0 Å². The molecule has 2 unspecified atom stereocenters. The molecule has 4 N–H and O–H groups in total. The molecule has 1 aromatic heterocycles. The monoisotopic (exact) mass is 201 g/mol. The van der Waals surface area contributed by atoms with E-state index in [0.717, 1.165) is 15.3 Å². The first-order valence-corrected chi connectivity index (χ1v) is 5.01. The van der Waals surface area contributed by atoms with Gasteiger partial charge in [-0.25, -0.2) is 0 Å². The summed E-state index contributed by atoms with van der Waals surface area (Å²) in [5.41, 5.74) is 6.05. The molecule has 0 aromatic carbocycles. The average molecular weight is 201 g/mol. The number of nitrogens with two attached hydrogens (primary N) is 1. The fraction of sp³-hybridized carbons (Fsp3) is 0.556. The van der Waals surface area contributed by atoms with Crippen molar-refractivity contribution in [1.29, 1.82) is 0 Å². The summed E-state index contributed by atoms with van der Waals surface area (Å²) in [5.74, 6) is 0. The van der Waals surface area contributed by atoms with Crippen LogP contribution in [0.3, 0.4) is 0 Å². The minimum atomic E-state index is -0.868. The van der Waals surface area contributed by atoms with Crippen molar-refractivity contribution in [1.82, 2.24) is 0 Å². The van der Waals surface area contributed by atoms with Crippen LogP contribution in [0.15, 0.2) is 6.07 Å². The highest BCUT2D eigenvalue weighted by molar-refractivity contribution is 7.12. The van der Waals surface area contributed by atoms with E-state index in [1.54, 1.807) is 11.3 Å². The molecule has 0 bridgehead atoms. The normalized spacial score (nSPS) is 15.8. The second kappa shape index (κ2) is 4.19. The van der Waals surface area contributed by atoms with Crippen LogP contribution in [0.25, 0.3) is 0 Å². The lowest BCUT2D eigenvalue weighted by molar-refractivity contribution is 0.0242. The molecule has 0 amide bonds. The van der Waals surface area contributed by atoms with Crippen LogP contribution in [0.2, 0.25) is 0 Å². The maximum atomic E-state index is 9.66. The van der Waals surface area contributed by atoms with Gasteiger partial charge in [0.25, 0.3) is 0 Å². The smallest absolute Gasteiger partial charge is 0.107 e. The molecule has 1 rings (SSSR count). The Morgan fingerprint density at radius 2 is 2.08 bits per heavy atom.